The van der Waals surface area contributed by atoms with E-state index in [2.05, 4.69) is 9.97 Å². The summed E-state index contributed by atoms with van der Waals surface area (Å²) in [7, 11) is 4.79. The molecule has 31 heavy (non-hydrogen) atoms. The van der Waals surface area contributed by atoms with E-state index in [1.165, 1.54) is 14.0 Å². The quantitative estimate of drug-likeness (QED) is 0.625. The van der Waals surface area contributed by atoms with Crippen LogP contribution >= 0.6 is 0 Å². The number of ether oxygens (including phenoxy) is 3. The van der Waals surface area contributed by atoms with Gasteiger partial charge in [0.05, 0.1) is 26.3 Å². The molecule has 1 N–H and O–H groups in total. The van der Waals surface area contributed by atoms with Gasteiger partial charge in [-0.25, -0.2) is 4.98 Å². The Labute approximate surface area is 180 Å². The second-order valence-electron chi connectivity index (χ2n) is 7.37. The Morgan fingerprint density at radius 3 is 2.35 bits per heavy atom. The van der Waals surface area contributed by atoms with E-state index in [4.69, 9.17) is 14.2 Å². The number of carbonyl (C=O) groups excluding carboxylic acids is 1. The molecule has 0 radical (unpaired) electrons. The van der Waals surface area contributed by atoms with Gasteiger partial charge in [0.2, 0.25) is 5.91 Å². The van der Waals surface area contributed by atoms with Crippen LogP contribution < -0.4 is 19.8 Å². The lowest BCUT2D eigenvalue weighted by atomic mass is 10.0. The molecular formula is C23H27N3O5. The molecule has 0 spiro atoms. The fraction of sp³-hybridized carbons (Fsp3) is 0.348. The molecule has 1 amide bonds. The van der Waals surface area contributed by atoms with Crippen molar-refractivity contribution >= 4 is 16.8 Å². The van der Waals surface area contributed by atoms with Gasteiger partial charge in [0.15, 0.2) is 0 Å². The van der Waals surface area contributed by atoms with Gasteiger partial charge in [0.25, 0.3) is 5.56 Å². The van der Waals surface area contributed by atoms with E-state index < -0.39 is 0 Å². The molecule has 8 nitrogen and oxygen atoms in total. The number of amides is 1. The van der Waals surface area contributed by atoms with E-state index in [-0.39, 0.29) is 11.5 Å². The average molecular weight is 425 g/mol. The van der Waals surface area contributed by atoms with Crippen LogP contribution in [0.2, 0.25) is 0 Å². The number of aromatic nitrogens is 2. The molecule has 0 fully saturated rings. The van der Waals surface area contributed by atoms with Crippen molar-refractivity contribution in [2.75, 3.05) is 34.4 Å². The highest BCUT2D eigenvalue weighted by atomic mass is 16.5. The fourth-order valence-electron chi connectivity index (χ4n) is 3.38. The summed E-state index contributed by atoms with van der Waals surface area (Å²) in [6.07, 6.45) is 0. The van der Waals surface area contributed by atoms with E-state index in [9.17, 15) is 9.59 Å². The fourth-order valence-corrected chi connectivity index (χ4v) is 3.38. The Balaban J connectivity index is 1.97. The molecule has 1 aromatic heterocycles. The van der Waals surface area contributed by atoms with Gasteiger partial charge in [-0.2, -0.15) is 0 Å². The van der Waals surface area contributed by atoms with E-state index in [1.54, 1.807) is 31.2 Å². The number of fused-ring (bicyclic) bond motifs is 1. The molecule has 0 unspecified atom stereocenters. The van der Waals surface area contributed by atoms with Crippen LogP contribution in [-0.4, -0.2) is 55.2 Å². The molecule has 1 heterocycles. The van der Waals surface area contributed by atoms with Crippen LogP contribution in [0.25, 0.3) is 22.3 Å². The molecular weight excluding hydrogens is 398 g/mol. The first-order valence-corrected chi connectivity index (χ1v) is 9.87. The maximum atomic E-state index is 12.8. The predicted molar refractivity (Wildman–Crippen MR) is 119 cm³/mol. The topological polar surface area (TPSA) is 93.8 Å². The zero-order chi connectivity index (χ0) is 22.7. The lowest BCUT2D eigenvalue weighted by Gasteiger charge is -2.18. The van der Waals surface area contributed by atoms with Gasteiger partial charge in [0.1, 0.15) is 35.1 Å². The molecule has 0 aliphatic heterocycles. The molecule has 0 saturated heterocycles. The molecule has 164 valence electrons. The van der Waals surface area contributed by atoms with Gasteiger partial charge < -0.3 is 24.1 Å². The van der Waals surface area contributed by atoms with Gasteiger partial charge in [-0.1, -0.05) is 0 Å². The Kier molecular flexibility index (Phi) is 6.48. The number of hydrogen-bond acceptors (Lipinski definition) is 6. The van der Waals surface area contributed by atoms with Crippen molar-refractivity contribution in [3.63, 3.8) is 0 Å². The first-order chi connectivity index (χ1) is 14.7. The van der Waals surface area contributed by atoms with Crippen molar-refractivity contribution in [1.82, 2.24) is 14.9 Å². The normalized spacial score (nSPS) is 10.8. The van der Waals surface area contributed by atoms with Gasteiger partial charge in [0, 0.05) is 31.7 Å². The summed E-state index contributed by atoms with van der Waals surface area (Å²) in [6, 6.07) is 7.19. The average Bonchev–Trinajstić information content (AvgIpc) is 2.73. The van der Waals surface area contributed by atoms with Crippen LogP contribution in [0.1, 0.15) is 18.1 Å². The maximum absolute atomic E-state index is 12.8. The monoisotopic (exact) mass is 425 g/mol. The summed E-state index contributed by atoms with van der Waals surface area (Å²) < 4.78 is 16.6. The zero-order valence-electron chi connectivity index (χ0n) is 18.7. The summed E-state index contributed by atoms with van der Waals surface area (Å²) >= 11 is 0. The first-order valence-electron chi connectivity index (χ1n) is 9.87. The van der Waals surface area contributed by atoms with Crippen molar-refractivity contribution in [3.8, 4) is 28.6 Å². The third-order valence-corrected chi connectivity index (χ3v) is 5.15. The summed E-state index contributed by atoms with van der Waals surface area (Å²) in [5.41, 5.74) is 2.78. The Hall–Kier alpha value is -3.55. The third kappa shape index (κ3) is 4.63. The number of nitrogens with one attached hydrogen (secondary N) is 1. The van der Waals surface area contributed by atoms with Gasteiger partial charge >= 0.3 is 0 Å². The van der Waals surface area contributed by atoms with Crippen LogP contribution in [0, 0.1) is 13.8 Å². The first kappa shape index (κ1) is 22.1. The van der Waals surface area contributed by atoms with Crippen LogP contribution in [0.5, 0.6) is 17.2 Å². The third-order valence-electron chi connectivity index (χ3n) is 5.15. The van der Waals surface area contributed by atoms with Gasteiger partial charge in [-0.05, 0) is 37.1 Å². The van der Waals surface area contributed by atoms with E-state index in [0.29, 0.717) is 41.4 Å². The molecule has 3 aromatic rings. The van der Waals surface area contributed by atoms with Crippen molar-refractivity contribution in [2.24, 2.45) is 0 Å². The number of methoxy groups -OCH3 is 2. The lowest BCUT2D eigenvalue weighted by molar-refractivity contribution is -0.127. The van der Waals surface area contributed by atoms with Gasteiger partial charge in [-0.3, -0.25) is 9.59 Å². The lowest BCUT2D eigenvalue weighted by Crippen LogP contribution is -2.28. The molecule has 3 rings (SSSR count). The standard InChI is InChI=1S/C23H27N3O5/c1-13-9-16(10-14(2)21(13)31-8-7-26(4)15(3)27)22-24-18-11-17(29-5)12-19(30-6)20(18)23(28)25-22/h9-12H,7-8H2,1-6H3,(H,24,25,28). The number of rotatable bonds is 7. The number of carbonyl (C=O) groups is 1. The number of aromatic amines is 1. The predicted octanol–water partition coefficient (Wildman–Crippen LogP) is 3.08. The molecule has 0 atom stereocenters. The highest BCUT2D eigenvalue weighted by Crippen LogP contribution is 2.31. The Morgan fingerprint density at radius 2 is 1.77 bits per heavy atom. The maximum Gasteiger partial charge on any atom is 0.262 e. The molecule has 0 aliphatic carbocycles. The summed E-state index contributed by atoms with van der Waals surface area (Å²) in [6.45, 7) is 6.28. The van der Waals surface area contributed by atoms with Crippen molar-refractivity contribution in [1.29, 1.82) is 0 Å². The van der Waals surface area contributed by atoms with Crippen molar-refractivity contribution < 1.29 is 19.0 Å². The van der Waals surface area contributed by atoms with Crippen LogP contribution in [0.15, 0.2) is 29.1 Å². The molecule has 0 saturated carbocycles. The van der Waals surface area contributed by atoms with E-state index in [1.807, 2.05) is 26.0 Å². The van der Waals surface area contributed by atoms with Crippen LogP contribution in [0.4, 0.5) is 0 Å². The van der Waals surface area contributed by atoms with Crippen LogP contribution in [0.3, 0.4) is 0 Å². The highest BCUT2D eigenvalue weighted by Gasteiger charge is 2.15. The number of hydrogen-bond donors (Lipinski definition) is 1. The summed E-state index contributed by atoms with van der Waals surface area (Å²) in [5, 5.41) is 0.370. The van der Waals surface area contributed by atoms with E-state index >= 15 is 0 Å². The smallest absolute Gasteiger partial charge is 0.262 e. The molecule has 8 heteroatoms. The summed E-state index contributed by atoms with van der Waals surface area (Å²) in [5.74, 6) is 2.15. The minimum atomic E-state index is -0.289. The van der Waals surface area contributed by atoms with E-state index in [0.717, 1.165) is 22.4 Å². The number of aryl methyl sites for hydroxylation is 2. The zero-order valence-corrected chi connectivity index (χ0v) is 18.7. The summed E-state index contributed by atoms with van der Waals surface area (Å²) in [4.78, 5) is 33.2. The van der Waals surface area contributed by atoms with Gasteiger partial charge in [-0.15, -0.1) is 0 Å². The SMILES string of the molecule is COc1cc(OC)c2c(=O)[nH]c(-c3cc(C)c(OCCN(C)C(C)=O)c(C)c3)nc2c1. The molecule has 0 bridgehead atoms. The largest absolute Gasteiger partial charge is 0.497 e. The number of benzene rings is 2. The molecule has 0 aliphatic rings. The number of nitrogens with zero attached hydrogens (tertiary/aromatic N) is 2. The highest BCUT2D eigenvalue weighted by molar-refractivity contribution is 5.87. The number of H-pyrrole nitrogens is 1. The Morgan fingerprint density at radius 1 is 1.10 bits per heavy atom. The second-order valence-corrected chi connectivity index (χ2v) is 7.37. The second kappa shape index (κ2) is 9.07. The van der Waals surface area contributed by atoms with Crippen LogP contribution in [-0.2, 0) is 4.79 Å². The van der Waals surface area contributed by atoms with Crippen molar-refractivity contribution in [3.05, 3.63) is 45.7 Å². The van der Waals surface area contributed by atoms with Crippen molar-refractivity contribution in [2.45, 2.75) is 20.8 Å². The molecule has 2 aromatic carbocycles. The minimum Gasteiger partial charge on any atom is -0.497 e. The minimum absolute atomic E-state index is 0.00742. The number of likely N-dealkylation sites (N-methyl/N-ethyl adjacent to an activating group) is 1. The Bertz CT molecular complexity index is 1160.